The van der Waals surface area contributed by atoms with Gasteiger partial charge in [-0.3, -0.25) is 9.78 Å². The molecule has 2 aromatic rings. The third kappa shape index (κ3) is 2.87. The number of thiophene rings is 1. The Balaban J connectivity index is 1.70. The first-order chi connectivity index (χ1) is 10.2. The molecular formula is C15H20N4OS. The number of aromatic nitrogens is 1. The number of fused-ring (bicyclic) bond motifs is 1. The van der Waals surface area contributed by atoms with Crippen molar-refractivity contribution in [1.29, 1.82) is 0 Å². The monoisotopic (exact) mass is 304 g/mol. The van der Waals surface area contributed by atoms with Gasteiger partial charge in [0.2, 0.25) is 0 Å². The number of carbonyl (C=O) groups is 1. The zero-order valence-corrected chi connectivity index (χ0v) is 12.9. The van der Waals surface area contributed by atoms with Gasteiger partial charge in [-0.2, -0.15) is 0 Å². The van der Waals surface area contributed by atoms with Gasteiger partial charge >= 0.3 is 0 Å². The van der Waals surface area contributed by atoms with Crippen LogP contribution in [0.15, 0.2) is 18.3 Å². The summed E-state index contributed by atoms with van der Waals surface area (Å²) in [6, 6.07) is 4.22. The summed E-state index contributed by atoms with van der Waals surface area (Å²) in [5.41, 5.74) is 7.27. The summed E-state index contributed by atoms with van der Waals surface area (Å²) in [6.07, 6.45) is 5.32. The van der Waals surface area contributed by atoms with Crippen LogP contribution in [0, 0.1) is 0 Å². The molecule has 1 saturated heterocycles. The van der Waals surface area contributed by atoms with Crippen molar-refractivity contribution >= 4 is 33.1 Å². The molecule has 2 aromatic heterocycles. The van der Waals surface area contributed by atoms with Crippen LogP contribution >= 0.6 is 11.3 Å². The van der Waals surface area contributed by atoms with Gasteiger partial charge in [-0.05, 0) is 38.6 Å². The highest BCUT2D eigenvalue weighted by atomic mass is 32.1. The van der Waals surface area contributed by atoms with E-state index < -0.39 is 0 Å². The van der Waals surface area contributed by atoms with Gasteiger partial charge in [0.05, 0.1) is 10.4 Å². The summed E-state index contributed by atoms with van der Waals surface area (Å²) >= 11 is 1.41. The molecule has 1 amide bonds. The number of hydrogen-bond donors (Lipinski definition) is 2. The van der Waals surface area contributed by atoms with E-state index in [4.69, 9.17) is 5.73 Å². The molecule has 3 N–H and O–H groups in total. The minimum atomic E-state index is -0.0885. The number of nitrogens with one attached hydrogen (secondary N) is 1. The van der Waals surface area contributed by atoms with Crippen LogP contribution < -0.4 is 11.1 Å². The van der Waals surface area contributed by atoms with Crippen molar-refractivity contribution in [2.75, 3.05) is 25.9 Å². The standard InChI is InChI=1S/C15H20N4OS/c1-19-8-3-2-5-10(19)9-18-15(20)14-12(16)13-11(21-14)6-4-7-17-13/h4,6-7,10H,2-3,5,8-9,16H2,1H3,(H,18,20). The predicted octanol–water partition coefficient (Wildman–Crippen LogP) is 2.09. The molecule has 3 rings (SSSR count). The second-order valence-electron chi connectivity index (χ2n) is 5.54. The highest BCUT2D eigenvalue weighted by molar-refractivity contribution is 7.21. The van der Waals surface area contributed by atoms with E-state index in [1.54, 1.807) is 6.20 Å². The first kappa shape index (κ1) is 14.3. The van der Waals surface area contributed by atoms with Gasteiger partial charge in [0.1, 0.15) is 10.4 Å². The van der Waals surface area contributed by atoms with Crippen molar-refractivity contribution in [3.8, 4) is 0 Å². The van der Waals surface area contributed by atoms with E-state index in [0.717, 1.165) is 23.2 Å². The summed E-state index contributed by atoms with van der Waals surface area (Å²) in [6.45, 7) is 1.78. The molecule has 1 aliphatic rings. The number of anilines is 1. The van der Waals surface area contributed by atoms with Gasteiger partial charge in [-0.1, -0.05) is 6.42 Å². The second kappa shape index (κ2) is 5.99. The number of likely N-dealkylation sites (N-methyl/N-ethyl adjacent to an activating group) is 1. The molecule has 1 unspecified atom stereocenters. The van der Waals surface area contributed by atoms with Crippen LogP contribution in [0.4, 0.5) is 5.69 Å². The third-order valence-electron chi connectivity index (χ3n) is 4.11. The number of rotatable bonds is 3. The summed E-state index contributed by atoms with van der Waals surface area (Å²) in [5, 5.41) is 3.02. The normalized spacial score (nSPS) is 19.8. The first-order valence-electron chi connectivity index (χ1n) is 7.28. The predicted molar refractivity (Wildman–Crippen MR) is 86.6 cm³/mol. The quantitative estimate of drug-likeness (QED) is 0.911. The van der Waals surface area contributed by atoms with Crippen LogP contribution in [0.3, 0.4) is 0 Å². The molecule has 1 aliphatic heterocycles. The summed E-state index contributed by atoms with van der Waals surface area (Å²) in [5.74, 6) is -0.0885. The van der Waals surface area contributed by atoms with Crippen LogP contribution in [0.25, 0.3) is 10.2 Å². The number of piperidine rings is 1. The average molecular weight is 304 g/mol. The fourth-order valence-corrected chi connectivity index (χ4v) is 3.81. The van der Waals surface area contributed by atoms with E-state index in [1.165, 1.54) is 24.2 Å². The van der Waals surface area contributed by atoms with Crippen LogP contribution in [0.1, 0.15) is 28.9 Å². The van der Waals surface area contributed by atoms with Gasteiger partial charge in [-0.25, -0.2) is 0 Å². The Morgan fingerprint density at radius 1 is 1.57 bits per heavy atom. The highest BCUT2D eigenvalue weighted by Gasteiger charge is 2.21. The number of nitrogens with two attached hydrogens (primary N) is 1. The lowest BCUT2D eigenvalue weighted by molar-refractivity contribution is 0.0933. The number of hydrogen-bond acceptors (Lipinski definition) is 5. The Hall–Kier alpha value is -1.66. The SMILES string of the molecule is CN1CCCCC1CNC(=O)c1sc2cccnc2c1N. The Bertz CT molecular complexity index is 654. The van der Waals surface area contributed by atoms with Crippen molar-refractivity contribution in [3.05, 3.63) is 23.2 Å². The lowest BCUT2D eigenvalue weighted by Gasteiger charge is -2.32. The van der Waals surface area contributed by atoms with E-state index >= 15 is 0 Å². The number of likely N-dealkylation sites (tertiary alicyclic amines) is 1. The molecule has 0 bridgehead atoms. The Morgan fingerprint density at radius 2 is 2.43 bits per heavy atom. The van der Waals surface area contributed by atoms with E-state index in [0.29, 0.717) is 23.2 Å². The van der Waals surface area contributed by atoms with Crippen LogP contribution in [-0.2, 0) is 0 Å². The number of nitrogens with zero attached hydrogens (tertiary/aromatic N) is 2. The maximum atomic E-state index is 12.4. The van der Waals surface area contributed by atoms with Gasteiger partial charge < -0.3 is 16.0 Å². The van der Waals surface area contributed by atoms with Crippen molar-refractivity contribution in [1.82, 2.24) is 15.2 Å². The molecule has 0 aliphatic carbocycles. The fourth-order valence-electron chi connectivity index (χ4n) is 2.81. The molecule has 0 radical (unpaired) electrons. The average Bonchev–Trinajstić information content (AvgIpc) is 2.84. The smallest absolute Gasteiger partial charge is 0.263 e. The van der Waals surface area contributed by atoms with Crippen molar-refractivity contribution in [2.45, 2.75) is 25.3 Å². The van der Waals surface area contributed by atoms with Crippen molar-refractivity contribution in [2.24, 2.45) is 0 Å². The Labute approximate surface area is 128 Å². The topological polar surface area (TPSA) is 71.2 Å². The van der Waals surface area contributed by atoms with Crippen LogP contribution in [-0.4, -0.2) is 42.0 Å². The molecule has 21 heavy (non-hydrogen) atoms. The van der Waals surface area contributed by atoms with Crippen LogP contribution in [0.5, 0.6) is 0 Å². The zero-order valence-electron chi connectivity index (χ0n) is 12.1. The number of carbonyl (C=O) groups excluding carboxylic acids is 1. The molecule has 5 nitrogen and oxygen atoms in total. The lowest BCUT2D eigenvalue weighted by Crippen LogP contribution is -2.44. The molecule has 1 fully saturated rings. The maximum absolute atomic E-state index is 12.4. The summed E-state index contributed by atoms with van der Waals surface area (Å²) in [4.78, 5) is 19.5. The van der Waals surface area contributed by atoms with Gasteiger partial charge in [0.15, 0.2) is 0 Å². The molecule has 112 valence electrons. The Morgan fingerprint density at radius 3 is 3.19 bits per heavy atom. The zero-order chi connectivity index (χ0) is 14.8. The Kier molecular flexibility index (Phi) is 4.07. The second-order valence-corrected chi connectivity index (χ2v) is 6.59. The molecule has 0 aromatic carbocycles. The van der Waals surface area contributed by atoms with E-state index in [2.05, 4.69) is 22.2 Å². The largest absolute Gasteiger partial charge is 0.396 e. The highest BCUT2D eigenvalue weighted by Crippen LogP contribution is 2.31. The maximum Gasteiger partial charge on any atom is 0.263 e. The van der Waals surface area contributed by atoms with Crippen LogP contribution in [0.2, 0.25) is 0 Å². The van der Waals surface area contributed by atoms with Gasteiger partial charge in [0, 0.05) is 18.8 Å². The first-order valence-corrected chi connectivity index (χ1v) is 8.10. The number of pyridine rings is 1. The molecule has 6 heteroatoms. The van der Waals surface area contributed by atoms with Gasteiger partial charge in [0.25, 0.3) is 5.91 Å². The minimum Gasteiger partial charge on any atom is -0.396 e. The van der Waals surface area contributed by atoms with E-state index in [-0.39, 0.29) is 5.91 Å². The molecule has 1 atom stereocenters. The fraction of sp³-hybridized carbons (Fsp3) is 0.467. The van der Waals surface area contributed by atoms with E-state index in [9.17, 15) is 4.79 Å². The van der Waals surface area contributed by atoms with Crippen molar-refractivity contribution < 1.29 is 4.79 Å². The van der Waals surface area contributed by atoms with Crippen molar-refractivity contribution in [3.63, 3.8) is 0 Å². The summed E-state index contributed by atoms with van der Waals surface area (Å²) < 4.78 is 0.954. The van der Waals surface area contributed by atoms with E-state index in [1.807, 2.05) is 12.1 Å². The number of amides is 1. The molecule has 0 saturated carbocycles. The van der Waals surface area contributed by atoms with Gasteiger partial charge in [-0.15, -0.1) is 11.3 Å². The molecular weight excluding hydrogens is 284 g/mol. The third-order valence-corrected chi connectivity index (χ3v) is 5.27. The molecule has 3 heterocycles. The number of nitrogen functional groups attached to an aromatic ring is 1. The summed E-state index contributed by atoms with van der Waals surface area (Å²) in [7, 11) is 2.12. The lowest BCUT2D eigenvalue weighted by atomic mass is 10.0. The molecule has 0 spiro atoms. The minimum absolute atomic E-state index is 0.0885.